The molecule has 1 aromatic rings. The minimum Gasteiger partial charge on any atom is -0.312 e. The number of benzene rings is 1. The first kappa shape index (κ1) is 12.6. The molecule has 0 radical (unpaired) electrons. The van der Waals surface area contributed by atoms with Crippen molar-refractivity contribution in [2.45, 2.75) is 52.5 Å². The van der Waals surface area contributed by atoms with Crippen molar-refractivity contribution >= 4 is 0 Å². The zero-order chi connectivity index (χ0) is 12.1. The molecule has 0 aromatic heterocycles. The van der Waals surface area contributed by atoms with Crippen LogP contribution < -0.4 is 5.32 Å². The average molecular weight is 231 g/mol. The van der Waals surface area contributed by atoms with Gasteiger partial charge < -0.3 is 5.32 Å². The highest BCUT2D eigenvalue weighted by atomic mass is 14.9. The van der Waals surface area contributed by atoms with Crippen LogP contribution in [0.3, 0.4) is 0 Å². The summed E-state index contributed by atoms with van der Waals surface area (Å²) in [4.78, 5) is 0. The smallest absolute Gasteiger partial charge is 0.0205 e. The van der Waals surface area contributed by atoms with Crippen molar-refractivity contribution in [1.29, 1.82) is 0 Å². The SMILES string of the molecule is CCc1ccc(CNCC2(CC)CCC2)cc1. The minimum absolute atomic E-state index is 0.628. The number of hydrogen-bond acceptors (Lipinski definition) is 1. The topological polar surface area (TPSA) is 12.0 Å². The summed E-state index contributed by atoms with van der Waals surface area (Å²) in [6.07, 6.45) is 6.73. The van der Waals surface area contributed by atoms with Gasteiger partial charge >= 0.3 is 0 Å². The number of nitrogens with one attached hydrogen (secondary N) is 1. The van der Waals surface area contributed by atoms with Crippen LogP contribution in [0.5, 0.6) is 0 Å². The second-order valence-electron chi connectivity index (χ2n) is 5.48. The Kier molecular flexibility index (Phi) is 4.22. The molecule has 1 heteroatoms. The molecular weight excluding hydrogens is 206 g/mol. The molecule has 0 aliphatic heterocycles. The first-order valence-corrected chi connectivity index (χ1v) is 7.06. The Balaban J connectivity index is 1.77. The third-order valence-corrected chi connectivity index (χ3v) is 4.42. The summed E-state index contributed by atoms with van der Waals surface area (Å²) < 4.78 is 0. The summed E-state index contributed by atoms with van der Waals surface area (Å²) in [5, 5.41) is 3.63. The van der Waals surface area contributed by atoms with E-state index >= 15 is 0 Å². The van der Waals surface area contributed by atoms with Crippen LogP contribution in [0.2, 0.25) is 0 Å². The van der Waals surface area contributed by atoms with Crippen LogP contribution in [0.15, 0.2) is 24.3 Å². The fourth-order valence-electron chi connectivity index (χ4n) is 2.70. The van der Waals surface area contributed by atoms with Crippen LogP contribution >= 0.6 is 0 Å². The molecule has 1 N–H and O–H groups in total. The Hall–Kier alpha value is -0.820. The van der Waals surface area contributed by atoms with Crippen LogP contribution in [-0.2, 0) is 13.0 Å². The zero-order valence-corrected chi connectivity index (χ0v) is 11.3. The van der Waals surface area contributed by atoms with Crippen LogP contribution in [0.25, 0.3) is 0 Å². The fraction of sp³-hybridized carbons (Fsp3) is 0.625. The fourth-order valence-corrected chi connectivity index (χ4v) is 2.70. The van der Waals surface area contributed by atoms with Gasteiger partial charge in [-0.2, -0.15) is 0 Å². The van der Waals surface area contributed by atoms with Gasteiger partial charge in [-0.15, -0.1) is 0 Å². The summed E-state index contributed by atoms with van der Waals surface area (Å²) in [6, 6.07) is 9.00. The molecule has 1 fully saturated rings. The van der Waals surface area contributed by atoms with Crippen LogP contribution in [0.4, 0.5) is 0 Å². The third-order valence-electron chi connectivity index (χ3n) is 4.42. The molecule has 1 aromatic carbocycles. The Bertz CT molecular complexity index is 330. The number of hydrogen-bond donors (Lipinski definition) is 1. The van der Waals surface area contributed by atoms with E-state index in [4.69, 9.17) is 0 Å². The number of rotatable bonds is 6. The van der Waals surface area contributed by atoms with Crippen molar-refractivity contribution in [3.05, 3.63) is 35.4 Å². The molecule has 0 heterocycles. The molecule has 1 nitrogen and oxygen atoms in total. The Morgan fingerprint density at radius 1 is 1.06 bits per heavy atom. The van der Waals surface area contributed by atoms with Crippen LogP contribution in [0, 0.1) is 5.41 Å². The lowest BCUT2D eigenvalue weighted by Crippen LogP contribution is -2.39. The van der Waals surface area contributed by atoms with Crippen LogP contribution in [-0.4, -0.2) is 6.54 Å². The highest BCUT2D eigenvalue weighted by Gasteiger charge is 2.34. The van der Waals surface area contributed by atoms with E-state index in [2.05, 4.69) is 43.4 Å². The standard InChI is InChI=1S/C16H25N/c1-3-14-6-8-15(9-7-14)12-17-13-16(4-2)10-5-11-16/h6-9,17H,3-5,10-13H2,1-2H3. The van der Waals surface area contributed by atoms with Crippen molar-refractivity contribution in [3.63, 3.8) is 0 Å². The van der Waals surface area contributed by atoms with Gasteiger partial charge in [0, 0.05) is 13.1 Å². The van der Waals surface area contributed by atoms with Gasteiger partial charge in [-0.1, -0.05) is 44.5 Å². The largest absolute Gasteiger partial charge is 0.312 e. The Morgan fingerprint density at radius 3 is 2.18 bits per heavy atom. The van der Waals surface area contributed by atoms with Gasteiger partial charge in [-0.25, -0.2) is 0 Å². The molecule has 1 saturated carbocycles. The summed E-state index contributed by atoms with van der Waals surface area (Å²) in [5.41, 5.74) is 3.47. The number of aryl methyl sites for hydroxylation is 1. The predicted molar refractivity (Wildman–Crippen MR) is 74.1 cm³/mol. The monoisotopic (exact) mass is 231 g/mol. The van der Waals surface area contributed by atoms with Gasteiger partial charge in [0.05, 0.1) is 0 Å². The second-order valence-corrected chi connectivity index (χ2v) is 5.48. The molecule has 17 heavy (non-hydrogen) atoms. The van der Waals surface area contributed by atoms with E-state index in [1.165, 1.54) is 43.4 Å². The van der Waals surface area contributed by atoms with Gasteiger partial charge in [-0.05, 0) is 42.2 Å². The van der Waals surface area contributed by atoms with Gasteiger partial charge in [0.2, 0.25) is 0 Å². The van der Waals surface area contributed by atoms with E-state index < -0.39 is 0 Å². The van der Waals surface area contributed by atoms with E-state index in [9.17, 15) is 0 Å². The summed E-state index contributed by atoms with van der Waals surface area (Å²) in [5.74, 6) is 0. The van der Waals surface area contributed by atoms with Crippen LogP contribution in [0.1, 0.15) is 50.7 Å². The first-order valence-electron chi connectivity index (χ1n) is 7.06. The van der Waals surface area contributed by atoms with Gasteiger partial charge in [0.15, 0.2) is 0 Å². The lowest BCUT2D eigenvalue weighted by molar-refractivity contribution is 0.124. The van der Waals surface area contributed by atoms with Crippen molar-refractivity contribution < 1.29 is 0 Å². The van der Waals surface area contributed by atoms with E-state index in [-0.39, 0.29) is 0 Å². The molecule has 94 valence electrons. The maximum Gasteiger partial charge on any atom is 0.0205 e. The lowest BCUT2D eigenvalue weighted by atomic mass is 9.67. The van der Waals surface area contributed by atoms with Gasteiger partial charge in [0.1, 0.15) is 0 Å². The van der Waals surface area contributed by atoms with Crippen molar-refractivity contribution in [3.8, 4) is 0 Å². The summed E-state index contributed by atoms with van der Waals surface area (Å²) >= 11 is 0. The molecule has 0 amide bonds. The van der Waals surface area contributed by atoms with Crippen molar-refractivity contribution in [2.75, 3.05) is 6.54 Å². The maximum atomic E-state index is 3.63. The third kappa shape index (κ3) is 3.10. The van der Waals surface area contributed by atoms with E-state index in [0.717, 1.165) is 13.0 Å². The molecule has 1 aliphatic carbocycles. The Labute approximate surface area is 106 Å². The molecule has 0 spiro atoms. The molecule has 0 saturated heterocycles. The molecule has 2 rings (SSSR count). The predicted octanol–water partition coefficient (Wildman–Crippen LogP) is 3.92. The molecule has 1 aliphatic rings. The quantitative estimate of drug-likeness (QED) is 0.782. The van der Waals surface area contributed by atoms with Gasteiger partial charge in [0.25, 0.3) is 0 Å². The zero-order valence-electron chi connectivity index (χ0n) is 11.3. The molecule has 0 unspecified atom stereocenters. The van der Waals surface area contributed by atoms with Crippen molar-refractivity contribution in [2.24, 2.45) is 5.41 Å². The van der Waals surface area contributed by atoms with Gasteiger partial charge in [-0.3, -0.25) is 0 Å². The average Bonchev–Trinajstić information content (AvgIpc) is 2.33. The molecule has 0 atom stereocenters. The highest BCUT2D eigenvalue weighted by molar-refractivity contribution is 5.22. The highest BCUT2D eigenvalue weighted by Crippen LogP contribution is 2.43. The second kappa shape index (κ2) is 5.68. The maximum absolute atomic E-state index is 3.63. The van der Waals surface area contributed by atoms with Crippen molar-refractivity contribution in [1.82, 2.24) is 5.32 Å². The lowest BCUT2D eigenvalue weighted by Gasteiger charge is -2.41. The normalized spacial score (nSPS) is 17.8. The molecule has 0 bridgehead atoms. The summed E-state index contributed by atoms with van der Waals surface area (Å²) in [7, 11) is 0. The van der Waals surface area contributed by atoms with E-state index in [0.29, 0.717) is 5.41 Å². The van der Waals surface area contributed by atoms with E-state index in [1.54, 1.807) is 0 Å². The minimum atomic E-state index is 0.628. The Morgan fingerprint density at radius 2 is 1.71 bits per heavy atom. The molecular formula is C16H25N. The summed E-state index contributed by atoms with van der Waals surface area (Å²) in [6.45, 7) is 6.75. The first-order chi connectivity index (χ1) is 8.28. The van der Waals surface area contributed by atoms with E-state index in [1.807, 2.05) is 0 Å².